The number of aliphatic hydroxyl groups is 1. The van der Waals surface area contributed by atoms with Crippen molar-refractivity contribution in [3.8, 4) is 6.07 Å². The molecule has 1 saturated carbocycles. The highest BCUT2D eigenvalue weighted by molar-refractivity contribution is 6.31. The minimum absolute atomic E-state index is 0.157. The fraction of sp³-hybridized carbons (Fsp3) is 0.519. The molecule has 2 aromatic carbocycles. The largest absolute Gasteiger partial charge is 0.386 e. The zero-order valence-electron chi connectivity index (χ0n) is 19.4. The number of hydrogen-bond donors (Lipinski definition) is 3. The average molecular weight is 465 g/mol. The van der Waals surface area contributed by atoms with Gasteiger partial charge in [-0.3, -0.25) is 0 Å². The van der Waals surface area contributed by atoms with E-state index in [4.69, 9.17) is 16.9 Å². The summed E-state index contributed by atoms with van der Waals surface area (Å²) in [7, 11) is 0. The van der Waals surface area contributed by atoms with Gasteiger partial charge in [-0.15, -0.1) is 0 Å². The average Bonchev–Trinajstić information content (AvgIpc) is 3.38. The number of benzene rings is 2. The first-order valence-electron chi connectivity index (χ1n) is 12.1. The second kappa shape index (κ2) is 8.83. The van der Waals surface area contributed by atoms with Crippen LogP contribution in [-0.2, 0) is 12.8 Å². The fourth-order valence-corrected chi connectivity index (χ4v) is 6.10. The molecule has 0 amide bonds. The van der Waals surface area contributed by atoms with Crippen molar-refractivity contribution >= 4 is 23.0 Å². The van der Waals surface area contributed by atoms with Crippen LogP contribution in [-0.4, -0.2) is 35.5 Å². The summed E-state index contributed by atoms with van der Waals surface area (Å²) in [5.41, 5.74) is 4.80. The van der Waals surface area contributed by atoms with E-state index < -0.39 is 5.60 Å². The molecule has 0 saturated heterocycles. The number of hydrogen-bond acceptors (Lipinski definition) is 5. The number of nitrogens with one attached hydrogen (secondary N) is 2. The van der Waals surface area contributed by atoms with Crippen LogP contribution < -0.4 is 15.5 Å². The summed E-state index contributed by atoms with van der Waals surface area (Å²) < 4.78 is 0. The Morgan fingerprint density at radius 1 is 1.12 bits per heavy atom. The summed E-state index contributed by atoms with van der Waals surface area (Å²) in [4.78, 5) is 2.37. The molecule has 33 heavy (non-hydrogen) atoms. The fourth-order valence-electron chi connectivity index (χ4n) is 5.94. The van der Waals surface area contributed by atoms with Crippen LogP contribution in [0.4, 0.5) is 11.4 Å². The molecule has 2 aromatic rings. The smallest absolute Gasteiger partial charge is 0.128 e. The van der Waals surface area contributed by atoms with E-state index >= 15 is 0 Å². The predicted octanol–water partition coefficient (Wildman–Crippen LogP) is 4.86. The van der Waals surface area contributed by atoms with Crippen LogP contribution in [0.5, 0.6) is 0 Å². The van der Waals surface area contributed by atoms with Crippen molar-refractivity contribution in [2.24, 2.45) is 5.92 Å². The molecule has 1 fully saturated rings. The molecule has 2 atom stereocenters. The molecule has 1 unspecified atom stereocenters. The quantitative estimate of drug-likeness (QED) is 0.589. The van der Waals surface area contributed by atoms with E-state index in [0.717, 1.165) is 67.0 Å². The second-order valence-electron chi connectivity index (χ2n) is 10.6. The molecule has 0 aromatic heterocycles. The molecule has 5 rings (SSSR count). The normalized spacial score (nSPS) is 26.5. The van der Waals surface area contributed by atoms with Crippen LogP contribution in [0.25, 0.3) is 0 Å². The van der Waals surface area contributed by atoms with Crippen molar-refractivity contribution in [3.63, 3.8) is 0 Å². The van der Waals surface area contributed by atoms with Gasteiger partial charge in [-0.25, -0.2) is 0 Å². The zero-order chi connectivity index (χ0) is 23.2. The monoisotopic (exact) mass is 464 g/mol. The first-order valence-corrected chi connectivity index (χ1v) is 12.5. The predicted molar refractivity (Wildman–Crippen MR) is 134 cm³/mol. The highest BCUT2D eigenvalue weighted by atomic mass is 35.5. The van der Waals surface area contributed by atoms with Crippen LogP contribution >= 0.6 is 11.6 Å². The van der Waals surface area contributed by atoms with Gasteiger partial charge in [-0.1, -0.05) is 17.7 Å². The van der Waals surface area contributed by atoms with Crippen LogP contribution in [0.2, 0.25) is 5.02 Å². The molecule has 5 nitrogen and oxygen atoms in total. The lowest BCUT2D eigenvalue weighted by Gasteiger charge is -2.43. The highest BCUT2D eigenvalue weighted by Gasteiger charge is 2.42. The van der Waals surface area contributed by atoms with Crippen molar-refractivity contribution in [3.05, 3.63) is 58.1 Å². The van der Waals surface area contributed by atoms with Crippen LogP contribution in [0.1, 0.15) is 56.2 Å². The van der Waals surface area contributed by atoms with E-state index in [9.17, 15) is 5.11 Å². The maximum absolute atomic E-state index is 10.9. The molecular weight excluding hydrogens is 432 g/mol. The van der Waals surface area contributed by atoms with Gasteiger partial charge in [0.15, 0.2) is 0 Å². The van der Waals surface area contributed by atoms with Gasteiger partial charge in [0.25, 0.3) is 0 Å². The molecule has 1 aliphatic heterocycles. The number of fused-ring (bicyclic) bond motifs is 2. The lowest BCUT2D eigenvalue weighted by Crippen LogP contribution is -2.56. The minimum Gasteiger partial charge on any atom is -0.386 e. The van der Waals surface area contributed by atoms with Gasteiger partial charge >= 0.3 is 0 Å². The van der Waals surface area contributed by atoms with Crippen molar-refractivity contribution < 1.29 is 5.11 Å². The third kappa shape index (κ3) is 4.57. The second-order valence-corrected chi connectivity index (χ2v) is 11.0. The Kier molecular flexibility index (Phi) is 6.03. The minimum atomic E-state index is -0.872. The molecule has 1 heterocycles. The van der Waals surface area contributed by atoms with Gasteiger partial charge in [0.1, 0.15) is 6.17 Å². The van der Waals surface area contributed by atoms with Gasteiger partial charge in [-0.2, -0.15) is 5.26 Å². The third-order valence-electron chi connectivity index (χ3n) is 7.62. The van der Waals surface area contributed by atoms with Crippen LogP contribution in [0.3, 0.4) is 0 Å². The number of anilines is 2. The summed E-state index contributed by atoms with van der Waals surface area (Å²) in [6, 6.07) is 15.3. The van der Waals surface area contributed by atoms with E-state index in [1.165, 1.54) is 11.1 Å². The SMILES string of the molecule is CC(C)(O)[C@@H]1Nc2ccc(Cl)cc2N1C1CCC(NCC2Cc3ccc(C#N)cc3C2)CC1. The molecule has 0 radical (unpaired) electrons. The van der Waals surface area contributed by atoms with Crippen molar-refractivity contribution in [2.45, 2.75) is 76.2 Å². The van der Waals surface area contributed by atoms with Crippen LogP contribution in [0.15, 0.2) is 36.4 Å². The first-order chi connectivity index (χ1) is 15.8. The molecule has 0 spiro atoms. The Hall–Kier alpha value is -2.26. The molecular formula is C27H33ClN4O. The molecule has 174 valence electrons. The lowest BCUT2D eigenvalue weighted by molar-refractivity contribution is 0.0554. The Bertz CT molecular complexity index is 1060. The summed E-state index contributed by atoms with van der Waals surface area (Å²) >= 11 is 6.32. The number of rotatable bonds is 5. The Morgan fingerprint density at radius 2 is 1.88 bits per heavy atom. The lowest BCUT2D eigenvalue weighted by atomic mass is 9.88. The maximum Gasteiger partial charge on any atom is 0.128 e. The van der Waals surface area contributed by atoms with E-state index in [1.54, 1.807) is 0 Å². The summed E-state index contributed by atoms with van der Waals surface area (Å²) in [5.74, 6) is 0.614. The Morgan fingerprint density at radius 3 is 2.61 bits per heavy atom. The zero-order valence-corrected chi connectivity index (χ0v) is 20.2. The molecule has 2 aliphatic carbocycles. The molecule has 6 heteroatoms. The summed E-state index contributed by atoms with van der Waals surface area (Å²) in [6.07, 6.45) is 6.46. The van der Waals surface area contributed by atoms with Crippen LogP contribution in [0, 0.1) is 17.2 Å². The van der Waals surface area contributed by atoms with E-state index in [1.807, 2.05) is 38.1 Å². The van der Waals surface area contributed by atoms with Gasteiger partial charge in [0.2, 0.25) is 0 Å². The maximum atomic E-state index is 10.9. The first kappa shape index (κ1) is 22.5. The van der Waals surface area contributed by atoms with E-state index in [0.29, 0.717) is 18.0 Å². The Labute approximate surface area is 201 Å². The standard InChI is InChI=1S/C27H33ClN4O/c1-27(2,33)26-31-24-10-5-21(28)14-25(24)32(26)23-8-6-22(7-9-23)30-16-18-12-19-4-3-17(15-29)11-20(19)13-18/h3-5,10-11,14,18,22-23,26,30-31,33H,6-9,12-13,16H2,1-2H3/t18?,22?,23?,26-/m1/s1. The van der Waals surface area contributed by atoms with Gasteiger partial charge in [0.05, 0.1) is 28.6 Å². The number of halogens is 1. The Balaban J connectivity index is 1.18. The topological polar surface area (TPSA) is 71.3 Å². The summed E-state index contributed by atoms with van der Waals surface area (Å²) in [6.45, 7) is 4.77. The summed E-state index contributed by atoms with van der Waals surface area (Å²) in [5, 5.41) is 28.1. The van der Waals surface area contributed by atoms with E-state index in [-0.39, 0.29) is 6.17 Å². The van der Waals surface area contributed by atoms with Gasteiger partial charge in [0, 0.05) is 17.1 Å². The number of nitriles is 1. The number of nitrogens with zero attached hydrogens (tertiary/aromatic N) is 2. The van der Waals surface area contributed by atoms with E-state index in [2.05, 4.69) is 33.7 Å². The molecule has 3 N–H and O–H groups in total. The van der Waals surface area contributed by atoms with Crippen molar-refractivity contribution in [2.75, 3.05) is 16.8 Å². The highest BCUT2D eigenvalue weighted by Crippen LogP contribution is 2.43. The van der Waals surface area contributed by atoms with Crippen molar-refractivity contribution in [1.82, 2.24) is 5.32 Å². The molecule has 0 bridgehead atoms. The van der Waals surface area contributed by atoms with Crippen molar-refractivity contribution in [1.29, 1.82) is 5.26 Å². The van der Waals surface area contributed by atoms with Gasteiger partial charge < -0.3 is 20.6 Å². The molecule has 3 aliphatic rings. The van der Waals surface area contributed by atoms with Gasteiger partial charge in [-0.05, 0) is 106 Å². The third-order valence-corrected chi connectivity index (χ3v) is 7.85.